The second-order valence-corrected chi connectivity index (χ2v) is 7.40. The lowest BCUT2D eigenvalue weighted by Gasteiger charge is -2.13. The molecule has 0 spiro atoms. The predicted octanol–water partition coefficient (Wildman–Crippen LogP) is 4.37. The number of anilines is 1. The SMILES string of the molecule is CN(C)SNc1ccc(F)c(C(=O)c2c[nH]c3ncc(Br)cc23)c1F. The molecule has 0 bridgehead atoms. The lowest BCUT2D eigenvalue weighted by molar-refractivity contribution is 0.103. The van der Waals surface area contributed by atoms with Crippen molar-refractivity contribution in [2.75, 3.05) is 18.8 Å². The molecule has 1 aromatic carbocycles. The van der Waals surface area contributed by atoms with Gasteiger partial charge in [-0.15, -0.1) is 0 Å². The van der Waals surface area contributed by atoms with Gasteiger partial charge in [0, 0.05) is 40.0 Å². The highest BCUT2D eigenvalue weighted by Crippen LogP contribution is 2.29. The minimum absolute atomic E-state index is 0.0302. The van der Waals surface area contributed by atoms with Crippen molar-refractivity contribution in [2.45, 2.75) is 0 Å². The van der Waals surface area contributed by atoms with Gasteiger partial charge in [-0.05, 0) is 48.2 Å². The Bertz CT molecular complexity index is 961. The molecule has 0 unspecified atom stereocenters. The molecule has 2 N–H and O–H groups in total. The predicted molar refractivity (Wildman–Crippen MR) is 98.5 cm³/mol. The van der Waals surface area contributed by atoms with E-state index in [-0.39, 0.29) is 11.3 Å². The van der Waals surface area contributed by atoms with Crippen LogP contribution in [0.25, 0.3) is 11.0 Å². The van der Waals surface area contributed by atoms with E-state index >= 15 is 0 Å². The molecule has 0 aliphatic heterocycles. The number of carbonyl (C=O) groups is 1. The summed E-state index contributed by atoms with van der Waals surface area (Å²) in [7, 11) is 3.53. The highest BCUT2D eigenvalue weighted by Gasteiger charge is 2.24. The van der Waals surface area contributed by atoms with Gasteiger partial charge in [0.25, 0.3) is 0 Å². The maximum Gasteiger partial charge on any atom is 0.201 e. The summed E-state index contributed by atoms with van der Waals surface area (Å²) in [6.07, 6.45) is 2.97. The van der Waals surface area contributed by atoms with E-state index in [0.29, 0.717) is 15.5 Å². The van der Waals surface area contributed by atoms with Crippen LogP contribution in [0.15, 0.2) is 35.1 Å². The number of hydrogen-bond acceptors (Lipinski definition) is 5. The summed E-state index contributed by atoms with van der Waals surface area (Å²) in [5.74, 6) is -2.60. The molecule has 25 heavy (non-hydrogen) atoms. The molecule has 5 nitrogen and oxygen atoms in total. The number of carbonyl (C=O) groups excluding carboxylic acids is 1. The van der Waals surface area contributed by atoms with E-state index in [1.54, 1.807) is 30.7 Å². The minimum atomic E-state index is -0.934. The van der Waals surface area contributed by atoms with Gasteiger partial charge in [-0.25, -0.2) is 18.1 Å². The summed E-state index contributed by atoms with van der Waals surface area (Å²) in [6, 6.07) is 4.00. The van der Waals surface area contributed by atoms with E-state index in [1.165, 1.54) is 12.3 Å². The molecule has 130 valence electrons. The fraction of sp³-hybridized carbons (Fsp3) is 0.125. The first kappa shape index (κ1) is 17.8. The molecular weight excluding hydrogens is 414 g/mol. The van der Waals surface area contributed by atoms with Gasteiger partial charge in [-0.2, -0.15) is 0 Å². The third-order valence-electron chi connectivity index (χ3n) is 3.40. The quantitative estimate of drug-likeness (QED) is 0.468. The second-order valence-electron chi connectivity index (χ2n) is 5.37. The van der Waals surface area contributed by atoms with E-state index in [4.69, 9.17) is 0 Å². The Labute approximate surface area is 155 Å². The number of aromatic amines is 1. The number of hydrogen-bond donors (Lipinski definition) is 2. The monoisotopic (exact) mass is 426 g/mol. The van der Waals surface area contributed by atoms with Crippen molar-refractivity contribution in [1.29, 1.82) is 0 Å². The van der Waals surface area contributed by atoms with Crippen LogP contribution in [0.4, 0.5) is 14.5 Å². The molecular formula is C16H13BrF2N4OS. The van der Waals surface area contributed by atoms with Crippen molar-refractivity contribution in [3.8, 4) is 0 Å². The summed E-state index contributed by atoms with van der Waals surface area (Å²) in [5, 5.41) is 0.485. The third-order valence-corrected chi connectivity index (χ3v) is 4.51. The Morgan fingerprint density at radius 1 is 1.36 bits per heavy atom. The van der Waals surface area contributed by atoms with E-state index in [1.807, 2.05) is 0 Å². The fourth-order valence-electron chi connectivity index (χ4n) is 2.28. The molecule has 9 heteroatoms. The van der Waals surface area contributed by atoms with Gasteiger partial charge in [0.15, 0.2) is 5.82 Å². The van der Waals surface area contributed by atoms with Crippen LogP contribution in [-0.4, -0.2) is 34.2 Å². The minimum Gasteiger partial charge on any atom is -0.345 e. The van der Waals surface area contributed by atoms with Crippen LogP contribution in [0.5, 0.6) is 0 Å². The zero-order valence-electron chi connectivity index (χ0n) is 13.2. The number of ketones is 1. The molecule has 0 amide bonds. The molecule has 0 fully saturated rings. The number of rotatable bonds is 5. The Balaban J connectivity index is 2.06. The van der Waals surface area contributed by atoms with Crippen molar-refractivity contribution < 1.29 is 13.6 Å². The van der Waals surface area contributed by atoms with Crippen LogP contribution in [0.2, 0.25) is 0 Å². The number of benzene rings is 1. The molecule has 2 aromatic heterocycles. The van der Waals surface area contributed by atoms with Gasteiger partial charge < -0.3 is 9.71 Å². The maximum atomic E-state index is 14.7. The Kier molecular flexibility index (Phi) is 5.07. The van der Waals surface area contributed by atoms with Gasteiger partial charge in [0.1, 0.15) is 11.5 Å². The van der Waals surface area contributed by atoms with E-state index < -0.39 is 23.0 Å². The number of fused-ring (bicyclic) bond motifs is 1. The number of pyridine rings is 1. The normalized spacial score (nSPS) is 11.3. The average Bonchev–Trinajstić information content (AvgIpc) is 2.96. The molecule has 3 rings (SSSR count). The summed E-state index contributed by atoms with van der Waals surface area (Å²) >= 11 is 4.39. The van der Waals surface area contributed by atoms with Crippen LogP contribution in [0.1, 0.15) is 15.9 Å². The summed E-state index contributed by atoms with van der Waals surface area (Å²) in [5.41, 5.74) is 0.0386. The first-order valence-electron chi connectivity index (χ1n) is 7.14. The molecule has 0 radical (unpaired) electrons. The van der Waals surface area contributed by atoms with E-state index in [9.17, 15) is 13.6 Å². The van der Waals surface area contributed by atoms with Crippen molar-refractivity contribution in [2.24, 2.45) is 0 Å². The number of halogens is 3. The largest absolute Gasteiger partial charge is 0.345 e. The van der Waals surface area contributed by atoms with Gasteiger partial charge in [-0.3, -0.25) is 4.79 Å². The van der Waals surface area contributed by atoms with Crippen molar-refractivity contribution in [1.82, 2.24) is 14.3 Å². The van der Waals surface area contributed by atoms with Crippen molar-refractivity contribution >= 4 is 50.6 Å². The molecule has 0 atom stereocenters. The van der Waals surface area contributed by atoms with Crippen LogP contribution in [-0.2, 0) is 0 Å². The number of nitrogens with one attached hydrogen (secondary N) is 2. The Hall–Kier alpha value is -1.97. The molecule has 0 saturated carbocycles. The first-order valence-corrected chi connectivity index (χ1v) is 8.70. The van der Waals surface area contributed by atoms with Gasteiger partial charge in [-0.1, -0.05) is 0 Å². The van der Waals surface area contributed by atoms with Crippen molar-refractivity contribution in [3.63, 3.8) is 0 Å². The standard InChI is InChI=1S/C16H13BrF2N4OS/c1-23(2)25-22-12-4-3-11(18)13(14(12)19)15(24)10-7-21-16-9(10)5-8(17)6-20-16/h3-7,22H,1-2H3,(H,20,21). The van der Waals surface area contributed by atoms with E-state index in [0.717, 1.165) is 18.2 Å². The lowest BCUT2D eigenvalue weighted by atomic mass is 10.0. The molecule has 2 heterocycles. The molecule has 0 aliphatic carbocycles. The molecule has 0 aliphatic rings. The zero-order chi connectivity index (χ0) is 18.1. The van der Waals surface area contributed by atoms with Gasteiger partial charge in [0.05, 0.1) is 11.3 Å². The highest BCUT2D eigenvalue weighted by atomic mass is 79.9. The summed E-state index contributed by atoms with van der Waals surface area (Å²) in [4.78, 5) is 19.7. The second kappa shape index (κ2) is 7.11. The van der Waals surface area contributed by atoms with Gasteiger partial charge >= 0.3 is 0 Å². The summed E-state index contributed by atoms with van der Waals surface area (Å²) < 4.78 is 34.0. The average molecular weight is 427 g/mol. The topological polar surface area (TPSA) is 61.0 Å². The molecule has 3 aromatic rings. The number of aromatic nitrogens is 2. The molecule has 0 saturated heterocycles. The Morgan fingerprint density at radius 3 is 2.84 bits per heavy atom. The maximum absolute atomic E-state index is 14.7. The van der Waals surface area contributed by atoms with Gasteiger partial charge in [0.2, 0.25) is 5.78 Å². The van der Waals surface area contributed by atoms with Crippen LogP contribution in [0.3, 0.4) is 0 Å². The smallest absolute Gasteiger partial charge is 0.201 e. The third kappa shape index (κ3) is 3.53. The van der Waals surface area contributed by atoms with E-state index in [2.05, 4.69) is 30.6 Å². The van der Waals surface area contributed by atoms with Crippen molar-refractivity contribution in [3.05, 3.63) is 57.8 Å². The first-order chi connectivity index (χ1) is 11.9. The lowest BCUT2D eigenvalue weighted by Crippen LogP contribution is -2.10. The number of nitrogens with zero attached hydrogens (tertiary/aromatic N) is 2. The van der Waals surface area contributed by atoms with Crippen LogP contribution >= 0.6 is 28.1 Å². The van der Waals surface area contributed by atoms with Crippen LogP contribution < -0.4 is 4.72 Å². The number of H-pyrrole nitrogens is 1. The zero-order valence-corrected chi connectivity index (χ0v) is 15.6. The Morgan fingerprint density at radius 2 is 2.12 bits per heavy atom. The summed E-state index contributed by atoms with van der Waals surface area (Å²) in [6.45, 7) is 0. The van der Waals surface area contributed by atoms with Crippen LogP contribution in [0, 0.1) is 11.6 Å². The fourth-order valence-corrected chi connectivity index (χ4v) is 3.05. The highest BCUT2D eigenvalue weighted by molar-refractivity contribution is 9.10.